The molecule has 0 bridgehead atoms. The Hall–Kier alpha value is -0.120. The average Bonchev–Trinajstić information content (AvgIpc) is 2.34. The van der Waals surface area contributed by atoms with Gasteiger partial charge >= 0.3 is 0 Å². The van der Waals surface area contributed by atoms with Crippen LogP contribution in [0.1, 0.15) is 46.5 Å². The molecule has 1 heterocycles. The molecule has 1 rings (SSSR count). The van der Waals surface area contributed by atoms with E-state index in [-0.39, 0.29) is 12.1 Å². The first kappa shape index (κ1) is 14.9. The zero-order valence-electron chi connectivity index (χ0n) is 11.8. The van der Waals surface area contributed by atoms with Crippen LogP contribution in [0.25, 0.3) is 0 Å². The fourth-order valence-electron chi connectivity index (χ4n) is 2.50. The first-order valence-electron chi connectivity index (χ1n) is 7.26. The highest BCUT2D eigenvalue weighted by Crippen LogP contribution is 2.16. The van der Waals surface area contributed by atoms with Gasteiger partial charge in [0.2, 0.25) is 0 Å². The minimum atomic E-state index is 0.147. The second-order valence-electron chi connectivity index (χ2n) is 5.44. The third-order valence-electron chi connectivity index (χ3n) is 3.82. The normalized spacial score (nSPS) is 25.8. The summed E-state index contributed by atoms with van der Waals surface area (Å²) in [4.78, 5) is 2.54. The number of nitrogens with zero attached hydrogens (tertiary/aromatic N) is 1. The van der Waals surface area contributed by atoms with Crippen molar-refractivity contribution >= 4 is 0 Å². The van der Waals surface area contributed by atoms with Crippen molar-refractivity contribution in [2.45, 2.75) is 58.6 Å². The van der Waals surface area contributed by atoms with E-state index in [0.717, 1.165) is 25.6 Å². The first-order chi connectivity index (χ1) is 8.17. The van der Waals surface area contributed by atoms with Gasteiger partial charge in [-0.3, -0.25) is 4.90 Å². The molecule has 0 aliphatic carbocycles. The maximum atomic E-state index is 5.92. The molecule has 0 amide bonds. The Morgan fingerprint density at radius 2 is 2.18 bits per heavy atom. The lowest BCUT2D eigenvalue weighted by atomic mass is 9.98. The first-order valence-corrected chi connectivity index (χ1v) is 7.26. The molecule has 17 heavy (non-hydrogen) atoms. The molecule has 0 radical (unpaired) electrons. The maximum Gasteiger partial charge on any atom is 0.0850 e. The molecule has 0 saturated carbocycles. The molecular formula is C14H30N2O. The van der Waals surface area contributed by atoms with Crippen molar-refractivity contribution in [2.75, 3.05) is 26.2 Å². The average molecular weight is 242 g/mol. The van der Waals surface area contributed by atoms with Gasteiger partial charge in [-0.1, -0.05) is 33.1 Å². The largest absolute Gasteiger partial charge is 0.374 e. The molecule has 3 unspecified atom stereocenters. The summed E-state index contributed by atoms with van der Waals surface area (Å²) in [6.45, 7) is 10.8. The molecule has 1 aliphatic heterocycles. The fourth-order valence-corrected chi connectivity index (χ4v) is 2.50. The van der Waals surface area contributed by atoms with Crippen molar-refractivity contribution < 1.29 is 4.74 Å². The number of rotatable bonds is 7. The number of hydrogen-bond donors (Lipinski definition) is 1. The fraction of sp³-hybridized carbons (Fsp3) is 1.00. The molecule has 1 fully saturated rings. The summed E-state index contributed by atoms with van der Waals surface area (Å²) in [6, 6.07) is 0.147. The summed E-state index contributed by atoms with van der Waals surface area (Å²) in [5.41, 5.74) is 5.92. The van der Waals surface area contributed by atoms with Crippen LogP contribution in [-0.4, -0.2) is 43.3 Å². The van der Waals surface area contributed by atoms with Gasteiger partial charge in [0, 0.05) is 25.7 Å². The van der Waals surface area contributed by atoms with Crippen molar-refractivity contribution in [3.05, 3.63) is 0 Å². The molecule has 1 saturated heterocycles. The van der Waals surface area contributed by atoms with Crippen LogP contribution in [-0.2, 0) is 4.74 Å². The van der Waals surface area contributed by atoms with Crippen molar-refractivity contribution in [2.24, 2.45) is 11.7 Å². The van der Waals surface area contributed by atoms with Crippen molar-refractivity contribution in [3.8, 4) is 0 Å². The van der Waals surface area contributed by atoms with Crippen LogP contribution in [0.4, 0.5) is 0 Å². The van der Waals surface area contributed by atoms with Crippen LogP contribution >= 0.6 is 0 Å². The van der Waals surface area contributed by atoms with Gasteiger partial charge in [0.15, 0.2) is 0 Å². The number of ether oxygens (including phenoxy) is 1. The van der Waals surface area contributed by atoms with Gasteiger partial charge in [-0.2, -0.15) is 0 Å². The topological polar surface area (TPSA) is 38.5 Å². The molecule has 0 spiro atoms. The highest BCUT2D eigenvalue weighted by molar-refractivity contribution is 4.79. The summed E-state index contributed by atoms with van der Waals surface area (Å²) in [7, 11) is 0. The zero-order valence-corrected chi connectivity index (χ0v) is 11.8. The van der Waals surface area contributed by atoms with Crippen LogP contribution in [0.15, 0.2) is 0 Å². The Labute approximate surface area is 107 Å². The summed E-state index contributed by atoms with van der Waals surface area (Å²) >= 11 is 0. The number of nitrogens with two attached hydrogens (primary N) is 1. The Morgan fingerprint density at radius 1 is 1.41 bits per heavy atom. The van der Waals surface area contributed by atoms with Crippen molar-refractivity contribution in [1.82, 2.24) is 4.90 Å². The predicted octanol–water partition coefficient (Wildman–Crippen LogP) is 2.25. The Balaban J connectivity index is 2.33. The molecule has 0 aromatic carbocycles. The van der Waals surface area contributed by atoms with E-state index in [1.165, 1.54) is 32.2 Å². The van der Waals surface area contributed by atoms with E-state index in [9.17, 15) is 0 Å². The van der Waals surface area contributed by atoms with E-state index in [1.54, 1.807) is 0 Å². The monoisotopic (exact) mass is 242 g/mol. The van der Waals surface area contributed by atoms with E-state index in [2.05, 4.69) is 18.7 Å². The van der Waals surface area contributed by atoms with Crippen LogP contribution < -0.4 is 5.73 Å². The molecule has 102 valence electrons. The summed E-state index contributed by atoms with van der Waals surface area (Å²) in [5, 5.41) is 0. The van der Waals surface area contributed by atoms with Crippen LogP contribution in [0.2, 0.25) is 0 Å². The van der Waals surface area contributed by atoms with Gasteiger partial charge in [0.05, 0.1) is 12.7 Å². The molecule has 2 N–H and O–H groups in total. The third-order valence-corrected chi connectivity index (χ3v) is 3.82. The molecule has 3 heteroatoms. The molecule has 0 aromatic heterocycles. The lowest BCUT2D eigenvalue weighted by molar-refractivity contribution is -0.0422. The Kier molecular flexibility index (Phi) is 7.09. The standard InChI is InChI=1S/C14H30N2O/c1-4-6-7-13(5-2)10-16-8-9-17-14(11-16)12(3)15/h12-14H,4-11,15H2,1-3H3. The summed E-state index contributed by atoms with van der Waals surface area (Å²) in [6.07, 6.45) is 5.56. The highest BCUT2D eigenvalue weighted by Gasteiger charge is 2.24. The van der Waals surface area contributed by atoms with E-state index in [1.807, 2.05) is 6.92 Å². The van der Waals surface area contributed by atoms with Crippen molar-refractivity contribution in [1.29, 1.82) is 0 Å². The zero-order chi connectivity index (χ0) is 12.7. The predicted molar refractivity (Wildman–Crippen MR) is 73.1 cm³/mol. The highest BCUT2D eigenvalue weighted by atomic mass is 16.5. The molecule has 1 aliphatic rings. The van der Waals surface area contributed by atoms with Crippen molar-refractivity contribution in [3.63, 3.8) is 0 Å². The van der Waals surface area contributed by atoms with Gasteiger partial charge in [-0.05, 0) is 19.3 Å². The second-order valence-corrected chi connectivity index (χ2v) is 5.44. The maximum absolute atomic E-state index is 5.92. The third kappa shape index (κ3) is 5.36. The second kappa shape index (κ2) is 8.06. The Morgan fingerprint density at radius 3 is 2.76 bits per heavy atom. The molecule has 3 atom stereocenters. The van der Waals surface area contributed by atoms with E-state index in [4.69, 9.17) is 10.5 Å². The quantitative estimate of drug-likeness (QED) is 0.744. The summed E-state index contributed by atoms with van der Waals surface area (Å²) < 4.78 is 5.70. The van der Waals surface area contributed by atoms with Crippen LogP contribution in [0.3, 0.4) is 0 Å². The van der Waals surface area contributed by atoms with E-state index < -0.39 is 0 Å². The van der Waals surface area contributed by atoms with Gasteiger partial charge in [0.1, 0.15) is 0 Å². The lowest BCUT2D eigenvalue weighted by Gasteiger charge is -2.36. The van der Waals surface area contributed by atoms with Gasteiger partial charge in [-0.15, -0.1) is 0 Å². The van der Waals surface area contributed by atoms with Crippen LogP contribution in [0, 0.1) is 5.92 Å². The van der Waals surface area contributed by atoms with Gasteiger partial charge in [-0.25, -0.2) is 0 Å². The molecular weight excluding hydrogens is 212 g/mol. The van der Waals surface area contributed by atoms with Gasteiger partial charge in [0.25, 0.3) is 0 Å². The molecule has 0 aromatic rings. The minimum absolute atomic E-state index is 0.147. The van der Waals surface area contributed by atoms with E-state index >= 15 is 0 Å². The van der Waals surface area contributed by atoms with Gasteiger partial charge < -0.3 is 10.5 Å². The van der Waals surface area contributed by atoms with E-state index in [0.29, 0.717) is 0 Å². The Bertz CT molecular complexity index is 197. The molecule has 3 nitrogen and oxygen atoms in total. The SMILES string of the molecule is CCCCC(CC)CN1CCOC(C(C)N)C1. The number of morpholine rings is 1. The lowest BCUT2D eigenvalue weighted by Crippen LogP contribution is -2.50. The van der Waals surface area contributed by atoms with Crippen LogP contribution in [0.5, 0.6) is 0 Å². The smallest absolute Gasteiger partial charge is 0.0850 e. The minimum Gasteiger partial charge on any atom is -0.374 e. The summed E-state index contributed by atoms with van der Waals surface area (Å²) in [5.74, 6) is 0.849. The number of unbranched alkanes of at least 4 members (excludes halogenated alkanes) is 1. The number of hydrogen-bond acceptors (Lipinski definition) is 3.